The van der Waals surface area contributed by atoms with Crippen molar-refractivity contribution in [3.63, 3.8) is 0 Å². The molecule has 1 aromatic rings. The molecule has 0 spiro atoms. The summed E-state index contributed by atoms with van der Waals surface area (Å²) in [6, 6.07) is 4.24. The highest BCUT2D eigenvalue weighted by atomic mass is 32.2. The lowest BCUT2D eigenvalue weighted by atomic mass is 9.85. The summed E-state index contributed by atoms with van der Waals surface area (Å²) in [4.78, 5) is 0.858. The first-order valence-corrected chi connectivity index (χ1v) is 8.73. The van der Waals surface area contributed by atoms with E-state index in [1.54, 1.807) is 4.31 Å². The van der Waals surface area contributed by atoms with Gasteiger partial charge in [0.15, 0.2) is 0 Å². The van der Waals surface area contributed by atoms with Crippen molar-refractivity contribution in [1.29, 1.82) is 0 Å². The summed E-state index contributed by atoms with van der Waals surface area (Å²) < 4.78 is 28.2. The minimum Gasteiger partial charge on any atom is -0.246 e. The molecule has 1 heterocycles. The maximum atomic E-state index is 13.6. The van der Waals surface area contributed by atoms with E-state index in [1.807, 2.05) is 13.8 Å². The van der Waals surface area contributed by atoms with E-state index in [9.17, 15) is 8.60 Å². The van der Waals surface area contributed by atoms with Gasteiger partial charge < -0.3 is 0 Å². The number of hydrogen-bond acceptors (Lipinski definition) is 1. The van der Waals surface area contributed by atoms with Gasteiger partial charge in [0.25, 0.3) is 0 Å². The Kier molecular flexibility index (Phi) is 4.89. The predicted molar refractivity (Wildman–Crippen MR) is 86.7 cm³/mol. The fraction of sp³-hybridized carbons (Fsp3) is 0.647. The minimum atomic E-state index is -1.26. The van der Waals surface area contributed by atoms with Crippen LogP contribution in [0.5, 0.6) is 0 Å². The van der Waals surface area contributed by atoms with Gasteiger partial charge in [-0.15, -0.1) is 0 Å². The van der Waals surface area contributed by atoms with Gasteiger partial charge in [0, 0.05) is 13.1 Å². The topological polar surface area (TPSA) is 20.3 Å². The summed E-state index contributed by atoms with van der Waals surface area (Å²) in [5, 5.41) is 0. The Morgan fingerprint density at radius 3 is 2.29 bits per heavy atom. The molecule has 1 saturated heterocycles. The van der Waals surface area contributed by atoms with E-state index in [4.69, 9.17) is 0 Å². The van der Waals surface area contributed by atoms with Crippen molar-refractivity contribution in [2.45, 2.75) is 63.9 Å². The van der Waals surface area contributed by atoms with E-state index in [-0.39, 0.29) is 12.0 Å². The highest BCUT2D eigenvalue weighted by molar-refractivity contribution is 7.82. The van der Waals surface area contributed by atoms with Crippen LogP contribution in [0.25, 0.3) is 0 Å². The van der Waals surface area contributed by atoms with Crippen LogP contribution in [0.4, 0.5) is 4.39 Å². The van der Waals surface area contributed by atoms with Gasteiger partial charge in [-0.25, -0.2) is 12.9 Å². The van der Waals surface area contributed by atoms with Gasteiger partial charge in [0.2, 0.25) is 0 Å². The number of hydrogen-bond donors (Lipinski definition) is 0. The average Bonchev–Trinajstić information content (AvgIpc) is 2.36. The van der Waals surface area contributed by atoms with Crippen LogP contribution in [0, 0.1) is 13.8 Å². The number of piperidine rings is 1. The third-order valence-corrected chi connectivity index (χ3v) is 5.86. The zero-order chi connectivity index (χ0) is 15.8. The Hall–Kier alpha value is -0.740. The van der Waals surface area contributed by atoms with Crippen LogP contribution >= 0.6 is 0 Å². The van der Waals surface area contributed by atoms with E-state index < -0.39 is 17.2 Å². The van der Waals surface area contributed by atoms with Crippen LogP contribution in [0.3, 0.4) is 0 Å². The normalized spacial score (nSPS) is 22.3. The van der Waals surface area contributed by atoms with Crippen molar-refractivity contribution in [2.75, 3.05) is 13.1 Å². The second-order valence-corrected chi connectivity index (χ2v) is 8.49. The van der Waals surface area contributed by atoms with Gasteiger partial charge >= 0.3 is 0 Å². The van der Waals surface area contributed by atoms with E-state index in [0.29, 0.717) is 13.0 Å². The molecule has 1 aliphatic rings. The molecule has 1 aliphatic heterocycles. The molecule has 0 amide bonds. The molecule has 2 nitrogen and oxygen atoms in total. The minimum absolute atomic E-state index is 0.0741. The van der Waals surface area contributed by atoms with Crippen LogP contribution in [-0.2, 0) is 16.4 Å². The molecule has 21 heavy (non-hydrogen) atoms. The highest BCUT2D eigenvalue weighted by Gasteiger charge is 2.27. The third-order valence-electron chi connectivity index (χ3n) is 4.06. The summed E-state index contributed by atoms with van der Waals surface area (Å²) in [5.74, 6) is 0. The number of alkyl halides is 1. The highest BCUT2D eigenvalue weighted by Crippen LogP contribution is 2.30. The molecule has 0 aliphatic carbocycles. The van der Waals surface area contributed by atoms with Gasteiger partial charge in [-0.2, -0.15) is 0 Å². The van der Waals surface area contributed by atoms with Crippen molar-refractivity contribution in [3.05, 3.63) is 28.8 Å². The van der Waals surface area contributed by atoms with Crippen molar-refractivity contribution < 1.29 is 8.60 Å². The van der Waals surface area contributed by atoms with Gasteiger partial charge in [-0.1, -0.05) is 32.9 Å². The molecular weight excluding hydrogens is 285 g/mol. The first-order chi connectivity index (χ1) is 9.70. The van der Waals surface area contributed by atoms with E-state index in [0.717, 1.165) is 22.4 Å². The molecular formula is C17H26FNOS. The van der Waals surface area contributed by atoms with Gasteiger partial charge in [-0.3, -0.25) is 0 Å². The summed E-state index contributed by atoms with van der Waals surface area (Å²) in [6.45, 7) is 11.5. The molecule has 2 unspecified atom stereocenters. The summed E-state index contributed by atoms with van der Waals surface area (Å²) in [7, 11) is -1.26. The van der Waals surface area contributed by atoms with Crippen molar-refractivity contribution in [1.82, 2.24) is 4.31 Å². The second kappa shape index (κ2) is 6.17. The number of aryl methyl sites for hydroxylation is 2. The number of nitrogens with zero attached hydrogens (tertiary/aromatic N) is 1. The van der Waals surface area contributed by atoms with Crippen molar-refractivity contribution in [2.24, 2.45) is 0 Å². The first-order valence-electron chi connectivity index (χ1n) is 7.63. The Morgan fingerprint density at radius 1 is 1.24 bits per heavy atom. The monoisotopic (exact) mass is 311 g/mol. The summed E-state index contributed by atoms with van der Waals surface area (Å²) in [5.41, 5.74) is 3.41. The molecule has 0 saturated carbocycles. The zero-order valence-electron chi connectivity index (χ0n) is 13.7. The smallest absolute Gasteiger partial charge is 0.128 e. The van der Waals surface area contributed by atoms with Gasteiger partial charge in [0.1, 0.15) is 17.2 Å². The Morgan fingerprint density at radius 2 is 1.81 bits per heavy atom. The molecule has 2 rings (SSSR count). The largest absolute Gasteiger partial charge is 0.246 e. The lowest BCUT2D eigenvalue weighted by molar-refractivity contribution is 0.208. The lowest BCUT2D eigenvalue weighted by Crippen LogP contribution is -2.38. The molecule has 4 heteroatoms. The van der Waals surface area contributed by atoms with Crippen molar-refractivity contribution in [3.8, 4) is 0 Å². The van der Waals surface area contributed by atoms with Crippen LogP contribution < -0.4 is 0 Å². The van der Waals surface area contributed by atoms with E-state index in [1.165, 1.54) is 5.56 Å². The Labute approximate surface area is 130 Å². The standard InChI is InChI=1S/C17H26FNOS/c1-12-9-14(17(3,4)5)10-13(2)16(12)21(20)19-8-6-7-15(18)11-19/h9-10,15H,6-8,11H2,1-5H3. The van der Waals surface area contributed by atoms with Crippen LogP contribution in [0.1, 0.15) is 50.3 Å². The molecule has 0 radical (unpaired) electrons. The third kappa shape index (κ3) is 3.72. The summed E-state index contributed by atoms with van der Waals surface area (Å²) >= 11 is 0. The molecule has 2 atom stereocenters. The number of rotatable bonds is 2. The fourth-order valence-corrected chi connectivity index (χ4v) is 4.35. The van der Waals surface area contributed by atoms with Crippen LogP contribution in [0.2, 0.25) is 0 Å². The zero-order valence-corrected chi connectivity index (χ0v) is 14.5. The molecule has 0 aromatic heterocycles. The maximum Gasteiger partial charge on any atom is 0.128 e. The SMILES string of the molecule is Cc1cc(C(C)(C)C)cc(C)c1S(=O)N1CCCC(F)C1. The molecule has 1 fully saturated rings. The predicted octanol–water partition coefficient (Wildman–Crippen LogP) is 4.06. The van der Waals surface area contributed by atoms with Crippen molar-refractivity contribution >= 4 is 11.0 Å². The van der Waals surface area contributed by atoms with Crippen LogP contribution in [-0.4, -0.2) is 27.8 Å². The lowest BCUT2D eigenvalue weighted by Gasteiger charge is -2.29. The second-order valence-electron chi connectivity index (χ2n) is 7.07. The molecule has 0 N–H and O–H groups in total. The quantitative estimate of drug-likeness (QED) is 0.806. The number of halogens is 1. The maximum absolute atomic E-state index is 13.6. The summed E-state index contributed by atoms with van der Waals surface area (Å²) in [6.07, 6.45) is 0.525. The van der Waals surface area contributed by atoms with E-state index >= 15 is 0 Å². The molecule has 0 bridgehead atoms. The number of benzene rings is 1. The average molecular weight is 311 g/mol. The van der Waals surface area contributed by atoms with Gasteiger partial charge in [-0.05, 0) is 48.8 Å². The van der Waals surface area contributed by atoms with Gasteiger partial charge in [0.05, 0.1) is 4.90 Å². The first kappa shape index (κ1) is 16.6. The Bertz CT molecular complexity index is 527. The molecule has 118 valence electrons. The Balaban J connectivity index is 2.33. The fourth-order valence-electron chi connectivity index (χ4n) is 2.83. The van der Waals surface area contributed by atoms with E-state index in [2.05, 4.69) is 32.9 Å². The molecule has 1 aromatic carbocycles. The van der Waals surface area contributed by atoms with Crippen LogP contribution in [0.15, 0.2) is 17.0 Å².